The van der Waals surface area contributed by atoms with Gasteiger partial charge in [0.25, 0.3) is 5.91 Å². The second kappa shape index (κ2) is 13.1. The van der Waals surface area contributed by atoms with Crippen LogP contribution in [0.1, 0.15) is 81.8 Å². The van der Waals surface area contributed by atoms with E-state index in [0.717, 1.165) is 47.0 Å². The Kier molecular flexibility index (Phi) is 9.70. The molecule has 8 heteroatoms. The van der Waals surface area contributed by atoms with Gasteiger partial charge in [0.1, 0.15) is 0 Å². The molecule has 2 saturated carbocycles. The van der Waals surface area contributed by atoms with Gasteiger partial charge in [-0.15, -0.1) is 0 Å². The van der Waals surface area contributed by atoms with Crippen LogP contribution in [0, 0.1) is 23.7 Å². The van der Waals surface area contributed by atoms with Crippen LogP contribution in [0.25, 0.3) is 16.9 Å². The highest BCUT2D eigenvalue weighted by atomic mass is 35.5. The molecule has 3 aromatic rings. The first-order chi connectivity index (χ1) is 19.7. The van der Waals surface area contributed by atoms with Crippen LogP contribution in [-0.2, 0) is 0 Å². The molecule has 2 aromatic carbocycles. The van der Waals surface area contributed by atoms with Gasteiger partial charge in [-0.25, -0.2) is 4.68 Å². The molecule has 5 unspecified atom stereocenters. The van der Waals surface area contributed by atoms with Crippen molar-refractivity contribution in [1.82, 2.24) is 20.4 Å². The molecule has 2 aliphatic carbocycles. The van der Waals surface area contributed by atoms with E-state index in [1.165, 1.54) is 32.1 Å². The van der Waals surface area contributed by atoms with Crippen molar-refractivity contribution in [3.63, 3.8) is 0 Å². The number of rotatable bonds is 9. The van der Waals surface area contributed by atoms with Crippen LogP contribution in [0.4, 0.5) is 0 Å². The topological polar surface area (TPSA) is 58.9 Å². The Morgan fingerprint density at radius 3 is 2.41 bits per heavy atom. The molecule has 2 N–H and O–H groups in total. The molecule has 0 aliphatic heterocycles. The van der Waals surface area contributed by atoms with E-state index in [2.05, 4.69) is 38.3 Å². The fourth-order valence-corrected chi connectivity index (χ4v) is 7.97. The van der Waals surface area contributed by atoms with Crippen molar-refractivity contribution in [2.24, 2.45) is 23.7 Å². The van der Waals surface area contributed by atoms with Crippen LogP contribution < -0.4 is 10.6 Å². The summed E-state index contributed by atoms with van der Waals surface area (Å²) in [6.07, 6.45) is 6.59. The summed E-state index contributed by atoms with van der Waals surface area (Å²) in [7, 11) is 0. The molecule has 41 heavy (non-hydrogen) atoms. The highest BCUT2D eigenvalue weighted by molar-refractivity contribution is 6.35. The van der Waals surface area contributed by atoms with Gasteiger partial charge in [-0.1, -0.05) is 81.1 Å². The smallest absolute Gasteiger partial charge is 0.272 e. The summed E-state index contributed by atoms with van der Waals surface area (Å²) in [4.78, 5) is 13.7. The van der Waals surface area contributed by atoms with Gasteiger partial charge in [-0.05, 0) is 85.6 Å². The number of nitrogens with zero attached hydrogens (tertiary/aromatic N) is 2. The van der Waals surface area contributed by atoms with Crippen molar-refractivity contribution in [3.8, 4) is 16.9 Å². The minimum absolute atomic E-state index is 0.0353. The first-order valence-corrected chi connectivity index (χ1v) is 16.1. The third kappa shape index (κ3) is 6.64. The Labute approximate surface area is 259 Å². The summed E-state index contributed by atoms with van der Waals surface area (Å²) < 4.78 is 1.76. The largest absolute Gasteiger partial charge is 0.349 e. The number of carbonyl (C=O) groups excluding carboxylic acids is 1. The van der Waals surface area contributed by atoms with E-state index in [1.54, 1.807) is 16.8 Å². The first-order valence-electron chi connectivity index (χ1n) is 15.0. The molecule has 5 nitrogen and oxygen atoms in total. The predicted molar refractivity (Wildman–Crippen MR) is 171 cm³/mol. The summed E-state index contributed by atoms with van der Waals surface area (Å²) in [5.41, 5.74) is 3.65. The van der Waals surface area contributed by atoms with Gasteiger partial charge in [-0.3, -0.25) is 4.79 Å². The lowest BCUT2D eigenvalue weighted by Gasteiger charge is -2.47. The number of nitrogens with one attached hydrogen (secondary N) is 2. The van der Waals surface area contributed by atoms with Gasteiger partial charge in [0.15, 0.2) is 5.69 Å². The van der Waals surface area contributed by atoms with E-state index in [1.807, 2.05) is 30.3 Å². The minimum atomic E-state index is -0.184. The molecule has 220 valence electrons. The average molecular weight is 616 g/mol. The van der Waals surface area contributed by atoms with Crippen molar-refractivity contribution < 1.29 is 4.79 Å². The Morgan fingerprint density at radius 1 is 1.00 bits per heavy atom. The summed E-state index contributed by atoms with van der Waals surface area (Å²) in [6, 6.07) is 13.4. The average Bonchev–Trinajstić information content (AvgIpc) is 3.32. The number of hydrogen-bond donors (Lipinski definition) is 2. The summed E-state index contributed by atoms with van der Waals surface area (Å²) in [5, 5.41) is 13.5. The second-order valence-electron chi connectivity index (χ2n) is 12.4. The monoisotopic (exact) mass is 614 g/mol. The standard InChI is InChI=1S/C33H41Cl3N4O/c1-5-22-16-21-14-20(4)15-24(17-21)30(22)37-12-13-38-33(41)31-29(19(2)3)32(23-6-8-25(34)9-7-23)40(39-31)28-11-10-26(35)18-27(28)36/h6-11,18-22,24,30,37H,5,12-17H2,1-4H3,(H,38,41). The zero-order valence-corrected chi connectivity index (χ0v) is 26.7. The highest BCUT2D eigenvalue weighted by Crippen LogP contribution is 2.46. The first kappa shape index (κ1) is 30.4. The van der Waals surface area contributed by atoms with E-state index in [-0.39, 0.29) is 11.8 Å². The van der Waals surface area contributed by atoms with E-state index < -0.39 is 0 Å². The van der Waals surface area contributed by atoms with Crippen LogP contribution in [-0.4, -0.2) is 34.8 Å². The zero-order valence-electron chi connectivity index (χ0n) is 24.4. The summed E-state index contributed by atoms with van der Waals surface area (Å²) >= 11 is 19.0. The number of hydrogen-bond acceptors (Lipinski definition) is 3. The lowest BCUT2D eigenvalue weighted by atomic mass is 9.62. The number of aromatic nitrogens is 2. The molecule has 5 rings (SSSR count). The molecule has 1 amide bonds. The molecule has 0 spiro atoms. The number of fused-ring (bicyclic) bond motifs is 2. The van der Waals surface area contributed by atoms with Gasteiger partial charge >= 0.3 is 0 Å². The fourth-order valence-electron chi connectivity index (χ4n) is 7.36. The van der Waals surface area contributed by atoms with Crippen LogP contribution >= 0.6 is 34.8 Å². The van der Waals surface area contributed by atoms with Gasteiger partial charge in [0.05, 0.1) is 16.4 Å². The molecule has 2 fully saturated rings. The van der Waals surface area contributed by atoms with Crippen molar-refractivity contribution in [3.05, 3.63) is 68.8 Å². The van der Waals surface area contributed by atoms with Crippen molar-refractivity contribution in [1.29, 1.82) is 0 Å². The lowest BCUT2D eigenvalue weighted by molar-refractivity contribution is 0.0612. The van der Waals surface area contributed by atoms with Gasteiger partial charge in [0.2, 0.25) is 0 Å². The van der Waals surface area contributed by atoms with E-state index in [4.69, 9.17) is 39.9 Å². The Bertz CT molecular complexity index is 1370. The van der Waals surface area contributed by atoms with Gasteiger partial charge in [-0.2, -0.15) is 5.10 Å². The van der Waals surface area contributed by atoms with Crippen molar-refractivity contribution in [2.75, 3.05) is 13.1 Å². The molecule has 0 radical (unpaired) electrons. The Morgan fingerprint density at radius 2 is 1.73 bits per heavy atom. The summed E-state index contributed by atoms with van der Waals surface area (Å²) in [6.45, 7) is 10.2. The van der Waals surface area contributed by atoms with E-state index >= 15 is 0 Å². The quantitative estimate of drug-likeness (QED) is 0.237. The van der Waals surface area contributed by atoms with Gasteiger partial charge in [0, 0.05) is 40.3 Å². The van der Waals surface area contributed by atoms with Gasteiger partial charge < -0.3 is 10.6 Å². The molecule has 2 bridgehead atoms. The predicted octanol–water partition coefficient (Wildman–Crippen LogP) is 8.79. The molecular weight excluding hydrogens is 575 g/mol. The number of amides is 1. The molecule has 5 atom stereocenters. The highest BCUT2D eigenvalue weighted by Gasteiger charge is 2.40. The van der Waals surface area contributed by atoms with E-state index in [9.17, 15) is 4.79 Å². The molecule has 0 saturated heterocycles. The summed E-state index contributed by atoms with van der Waals surface area (Å²) in [5.74, 6) is 3.02. The van der Waals surface area contributed by atoms with Crippen LogP contribution in [0.3, 0.4) is 0 Å². The third-order valence-electron chi connectivity index (χ3n) is 9.01. The molecular formula is C33H41Cl3N4O. The van der Waals surface area contributed by atoms with Crippen LogP contribution in [0.5, 0.6) is 0 Å². The molecule has 1 aromatic heterocycles. The van der Waals surface area contributed by atoms with Crippen LogP contribution in [0.15, 0.2) is 42.5 Å². The molecule has 1 heterocycles. The minimum Gasteiger partial charge on any atom is -0.349 e. The fraction of sp³-hybridized carbons (Fsp3) is 0.515. The van der Waals surface area contributed by atoms with Crippen molar-refractivity contribution in [2.45, 2.75) is 71.8 Å². The lowest BCUT2D eigenvalue weighted by Crippen LogP contribution is -2.51. The SMILES string of the molecule is CCC1CC2CC(C)CC(C2)C1NCCNC(=O)c1nn(-c2ccc(Cl)cc2Cl)c(-c2ccc(Cl)cc2)c1C(C)C. The normalized spacial score (nSPS) is 24.0. The number of halogens is 3. The number of benzene rings is 2. The third-order valence-corrected chi connectivity index (χ3v) is 9.80. The van der Waals surface area contributed by atoms with Crippen LogP contribution in [0.2, 0.25) is 15.1 Å². The maximum atomic E-state index is 13.7. The van der Waals surface area contributed by atoms with Crippen molar-refractivity contribution >= 4 is 40.7 Å². The Balaban J connectivity index is 1.38. The number of carbonyl (C=O) groups is 1. The van der Waals surface area contributed by atoms with E-state index in [0.29, 0.717) is 39.0 Å². The molecule has 2 aliphatic rings. The maximum absolute atomic E-state index is 13.7. The Hall–Kier alpha value is -2.05. The maximum Gasteiger partial charge on any atom is 0.272 e. The zero-order chi connectivity index (χ0) is 29.3. The second-order valence-corrected chi connectivity index (χ2v) is 13.6.